The lowest BCUT2D eigenvalue weighted by atomic mass is 9.99. The molecule has 1 aromatic heterocycles. The van der Waals surface area contributed by atoms with Crippen molar-refractivity contribution >= 4 is 29.3 Å². The van der Waals surface area contributed by atoms with E-state index in [1.165, 1.54) is 24.3 Å². The van der Waals surface area contributed by atoms with Gasteiger partial charge in [-0.1, -0.05) is 13.0 Å². The van der Waals surface area contributed by atoms with Gasteiger partial charge >= 0.3 is 5.97 Å². The first-order chi connectivity index (χ1) is 7.98. The average molecular weight is 253 g/mol. The summed E-state index contributed by atoms with van der Waals surface area (Å²) in [6.07, 6.45) is 3.35. The summed E-state index contributed by atoms with van der Waals surface area (Å²) in [6.45, 7) is 3.21. The number of nitrogens with one attached hydrogen (secondary N) is 1. The van der Waals surface area contributed by atoms with E-state index in [1.807, 2.05) is 17.5 Å². The fourth-order valence-electron chi connectivity index (χ4n) is 1.15. The Morgan fingerprint density at radius 3 is 2.76 bits per heavy atom. The van der Waals surface area contributed by atoms with Gasteiger partial charge in [0.15, 0.2) is 0 Å². The van der Waals surface area contributed by atoms with Gasteiger partial charge in [-0.05, 0) is 30.9 Å². The van der Waals surface area contributed by atoms with Gasteiger partial charge in [0.2, 0.25) is 5.91 Å². The molecule has 0 spiro atoms. The number of carbonyl (C=O) groups is 2. The fourth-order valence-corrected chi connectivity index (χ4v) is 1.77. The van der Waals surface area contributed by atoms with Crippen LogP contribution in [0.3, 0.4) is 0 Å². The zero-order chi connectivity index (χ0) is 12.9. The van der Waals surface area contributed by atoms with Crippen LogP contribution in [0.4, 0.5) is 0 Å². The van der Waals surface area contributed by atoms with E-state index >= 15 is 0 Å². The van der Waals surface area contributed by atoms with Gasteiger partial charge in [-0.3, -0.25) is 4.79 Å². The van der Waals surface area contributed by atoms with Crippen LogP contribution in [0.1, 0.15) is 25.1 Å². The van der Waals surface area contributed by atoms with Gasteiger partial charge in [0.25, 0.3) is 0 Å². The van der Waals surface area contributed by atoms with Crippen LogP contribution in [0.25, 0.3) is 6.08 Å². The number of carbonyl (C=O) groups excluding carboxylic acids is 1. The van der Waals surface area contributed by atoms with E-state index in [1.54, 1.807) is 13.0 Å². The summed E-state index contributed by atoms with van der Waals surface area (Å²) in [5.74, 6) is -1.43. The maximum Gasteiger partial charge on any atom is 0.329 e. The minimum absolute atomic E-state index is 0.334. The second-order valence-electron chi connectivity index (χ2n) is 3.83. The van der Waals surface area contributed by atoms with Crippen LogP contribution in [0.5, 0.6) is 0 Å². The van der Waals surface area contributed by atoms with Crippen LogP contribution < -0.4 is 5.32 Å². The lowest BCUT2D eigenvalue weighted by Gasteiger charge is -2.23. The van der Waals surface area contributed by atoms with Gasteiger partial charge in [0.1, 0.15) is 5.54 Å². The van der Waals surface area contributed by atoms with Crippen molar-refractivity contribution in [1.29, 1.82) is 0 Å². The molecule has 0 aliphatic rings. The summed E-state index contributed by atoms with van der Waals surface area (Å²) >= 11 is 1.51. The van der Waals surface area contributed by atoms with Crippen LogP contribution in [-0.2, 0) is 9.59 Å². The van der Waals surface area contributed by atoms with Crippen molar-refractivity contribution < 1.29 is 14.7 Å². The number of carboxylic acid groups (broad SMARTS) is 1. The number of thiophene rings is 1. The summed E-state index contributed by atoms with van der Waals surface area (Å²) in [7, 11) is 0. The Morgan fingerprint density at radius 1 is 1.59 bits per heavy atom. The molecule has 0 saturated carbocycles. The molecular formula is C12H15NO3S. The third kappa shape index (κ3) is 3.71. The number of amides is 1. The molecule has 0 radical (unpaired) electrons. The first-order valence-corrected chi connectivity index (χ1v) is 6.13. The van der Waals surface area contributed by atoms with E-state index < -0.39 is 17.4 Å². The lowest BCUT2D eigenvalue weighted by Crippen LogP contribution is -2.51. The predicted molar refractivity (Wildman–Crippen MR) is 67.8 cm³/mol. The quantitative estimate of drug-likeness (QED) is 0.790. The van der Waals surface area contributed by atoms with Gasteiger partial charge in [-0.25, -0.2) is 4.79 Å². The summed E-state index contributed by atoms with van der Waals surface area (Å²) in [6, 6.07) is 3.76. The topological polar surface area (TPSA) is 66.4 Å². The van der Waals surface area contributed by atoms with Gasteiger partial charge in [-0.15, -0.1) is 11.3 Å². The minimum atomic E-state index is -1.21. The molecule has 92 valence electrons. The van der Waals surface area contributed by atoms with Gasteiger partial charge in [0, 0.05) is 11.0 Å². The molecule has 1 unspecified atom stereocenters. The largest absolute Gasteiger partial charge is 0.480 e. The normalized spacial score (nSPS) is 14.5. The van der Waals surface area contributed by atoms with Crippen LogP contribution in [-0.4, -0.2) is 22.5 Å². The third-order valence-corrected chi connectivity index (χ3v) is 3.36. The Morgan fingerprint density at radius 2 is 2.29 bits per heavy atom. The molecule has 1 atom stereocenters. The first kappa shape index (κ1) is 13.4. The van der Waals surface area contributed by atoms with Crippen molar-refractivity contribution in [3.8, 4) is 0 Å². The molecule has 2 N–H and O–H groups in total. The average Bonchev–Trinajstić information content (AvgIpc) is 2.78. The number of aliphatic carboxylic acids is 1. The Kier molecular flexibility index (Phi) is 4.45. The van der Waals surface area contributed by atoms with Crippen molar-refractivity contribution in [3.63, 3.8) is 0 Å². The van der Waals surface area contributed by atoms with Crippen LogP contribution >= 0.6 is 11.3 Å². The van der Waals surface area contributed by atoms with Crippen molar-refractivity contribution in [2.75, 3.05) is 0 Å². The van der Waals surface area contributed by atoms with Crippen LogP contribution in [0, 0.1) is 0 Å². The molecule has 17 heavy (non-hydrogen) atoms. The molecule has 0 fully saturated rings. The van der Waals surface area contributed by atoms with Crippen LogP contribution in [0.2, 0.25) is 0 Å². The first-order valence-electron chi connectivity index (χ1n) is 5.25. The second kappa shape index (κ2) is 5.63. The molecule has 0 aromatic carbocycles. The number of rotatable bonds is 5. The predicted octanol–water partition coefficient (Wildman–Crippen LogP) is 2.13. The highest BCUT2D eigenvalue weighted by Gasteiger charge is 2.31. The van der Waals surface area contributed by atoms with E-state index in [2.05, 4.69) is 5.32 Å². The van der Waals surface area contributed by atoms with Crippen LogP contribution in [0.15, 0.2) is 23.6 Å². The van der Waals surface area contributed by atoms with E-state index in [-0.39, 0.29) is 0 Å². The van der Waals surface area contributed by atoms with E-state index in [4.69, 9.17) is 5.11 Å². The number of hydrogen-bond acceptors (Lipinski definition) is 3. The number of hydrogen-bond donors (Lipinski definition) is 2. The molecule has 0 aliphatic heterocycles. The van der Waals surface area contributed by atoms with Crippen molar-refractivity contribution in [2.24, 2.45) is 0 Å². The zero-order valence-corrected chi connectivity index (χ0v) is 10.6. The SMILES string of the molecule is CCC(C)(NC(=O)C=Cc1cccs1)C(=O)O. The smallest absolute Gasteiger partial charge is 0.329 e. The Labute approximate surface area is 104 Å². The van der Waals surface area contributed by atoms with E-state index in [0.29, 0.717) is 6.42 Å². The highest BCUT2D eigenvalue weighted by atomic mass is 32.1. The zero-order valence-electron chi connectivity index (χ0n) is 9.77. The second-order valence-corrected chi connectivity index (χ2v) is 4.81. The molecule has 0 bridgehead atoms. The van der Waals surface area contributed by atoms with E-state index in [9.17, 15) is 9.59 Å². The van der Waals surface area contributed by atoms with Gasteiger partial charge < -0.3 is 10.4 Å². The molecule has 1 rings (SSSR count). The standard InChI is InChI=1S/C12H15NO3S/c1-3-12(2,11(15)16)13-10(14)7-6-9-5-4-8-17-9/h4-8H,3H2,1-2H3,(H,13,14)(H,15,16). The molecule has 1 aromatic rings. The van der Waals surface area contributed by atoms with Gasteiger partial charge in [0.05, 0.1) is 0 Å². The molecular weight excluding hydrogens is 238 g/mol. The molecule has 4 nitrogen and oxygen atoms in total. The molecule has 0 saturated heterocycles. The highest BCUT2D eigenvalue weighted by Crippen LogP contribution is 2.11. The molecule has 1 amide bonds. The Hall–Kier alpha value is -1.62. The highest BCUT2D eigenvalue weighted by molar-refractivity contribution is 7.10. The Bertz CT molecular complexity index is 425. The number of carboxylic acids is 1. The van der Waals surface area contributed by atoms with Crippen molar-refractivity contribution in [1.82, 2.24) is 5.32 Å². The Balaban J connectivity index is 2.63. The summed E-state index contributed by atoms with van der Waals surface area (Å²) < 4.78 is 0. The fraction of sp³-hybridized carbons (Fsp3) is 0.333. The van der Waals surface area contributed by atoms with Gasteiger partial charge in [-0.2, -0.15) is 0 Å². The third-order valence-electron chi connectivity index (χ3n) is 2.52. The summed E-state index contributed by atoms with van der Waals surface area (Å²) in [4.78, 5) is 23.5. The maximum absolute atomic E-state index is 11.6. The summed E-state index contributed by atoms with van der Waals surface area (Å²) in [5.41, 5.74) is -1.21. The van der Waals surface area contributed by atoms with Crippen molar-refractivity contribution in [3.05, 3.63) is 28.5 Å². The maximum atomic E-state index is 11.6. The minimum Gasteiger partial charge on any atom is -0.480 e. The van der Waals surface area contributed by atoms with E-state index in [0.717, 1.165) is 4.88 Å². The summed E-state index contributed by atoms with van der Waals surface area (Å²) in [5, 5.41) is 13.4. The lowest BCUT2D eigenvalue weighted by molar-refractivity contribution is -0.146. The molecule has 5 heteroatoms. The monoisotopic (exact) mass is 253 g/mol. The molecule has 1 heterocycles. The van der Waals surface area contributed by atoms with Crippen molar-refractivity contribution in [2.45, 2.75) is 25.8 Å². The molecule has 0 aliphatic carbocycles.